The van der Waals surface area contributed by atoms with Crippen LogP contribution in [0.3, 0.4) is 0 Å². The number of hydrogen-bond acceptors (Lipinski definition) is 5. The molecule has 1 rings (SSSR count). The second kappa shape index (κ2) is 5.58. The average Bonchev–Trinajstić information content (AvgIpc) is 2.11. The smallest absolute Gasteiger partial charge is 0.247 e. The van der Waals surface area contributed by atoms with Crippen molar-refractivity contribution in [3.8, 4) is 0 Å². The van der Waals surface area contributed by atoms with Crippen molar-refractivity contribution in [3.63, 3.8) is 0 Å². The van der Waals surface area contributed by atoms with Gasteiger partial charge >= 0.3 is 0 Å². The summed E-state index contributed by atoms with van der Waals surface area (Å²) in [6, 6.07) is 0. The molecule has 0 aliphatic carbocycles. The summed E-state index contributed by atoms with van der Waals surface area (Å²) in [7, 11) is -2.12. The molecule has 0 aromatic carbocycles. The van der Waals surface area contributed by atoms with Gasteiger partial charge in [-0.2, -0.15) is 15.4 Å². The highest BCUT2D eigenvalue weighted by atomic mass is 31.2. The number of aromatic amines is 1. The summed E-state index contributed by atoms with van der Waals surface area (Å²) in [4.78, 5) is 14.9. The molecule has 0 spiro atoms. The third-order valence-corrected chi connectivity index (χ3v) is 0.331. The molecule has 0 aliphatic heterocycles. The van der Waals surface area contributed by atoms with E-state index >= 15 is 0 Å². The van der Waals surface area contributed by atoms with Gasteiger partial charge in [-0.25, -0.2) is 0 Å². The van der Waals surface area contributed by atoms with Gasteiger partial charge in [0, 0.05) is 0 Å². The minimum atomic E-state index is -2.12. The Labute approximate surface area is 52.7 Å². The Morgan fingerprint density at radius 1 is 1.33 bits per heavy atom. The van der Waals surface area contributed by atoms with Gasteiger partial charge in [0.05, 0.1) is 12.4 Å². The van der Waals surface area contributed by atoms with Gasteiger partial charge in [-0.15, -0.1) is 0 Å². The molecule has 0 saturated heterocycles. The van der Waals surface area contributed by atoms with Crippen LogP contribution in [-0.2, 0) is 0 Å². The predicted molar refractivity (Wildman–Crippen MR) is 31.9 cm³/mol. The molecule has 0 saturated carbocycles. The van der Waals surface area contributed by atoms with Crippen molar-refractivity contribution in [2.75, 3.05) is 0 Å². The van der Waals surface area contributed by atoms with Crippen LogP contribution in [0.2, 0.25) is 0 Å². The SMILES string of the molecule is NP(O)O.c1cn[nH]n1. The maximum absolute atomic E-state index is 7.45. The largest absolute Gasteiger partial charge is 0.338 e. The zero-order valence-electron chi connectivity index (χ0n) is 4.47. The summed E-state index contributed by atoms with van der Waals surface area (Å²) in [6.45, 7) is 0. The third kappa shape index (κ3) is 11.2. The van der Waals surface area contributed by atoms with Gasteiger partial charge in [0.15, 0.2) is 0 Å². The molecule has 1 aromatic heterocycles. The second-order valence-electron chi connectivity index (χ2n) is 0.977. The molecule has 0 radical (unpaired) electrons. The van der Waals surface area contributed by atoms with Crippen molar-refractivity contribution in [1.29, 1.82) is 0 Å². The molecule has 7 heteroatoms. The molecule has 5 N–H and O–H groups in total. The van der Waals surface area contributed by atoms with E-state index in [0.717, 1.165) is 0 Å². The Hall–Kier alpha value is -0.550. The Kier molecular flexibility index (Phi) is 5.24. The molecular formula is C2H7N4O2P. The summed E-state index contributed by atoms with van der Waals surface area (Å²) < 4.78 is 0. The predicted octanol–water partition coefficient (Wildman–Crippen LogP) is -1.04. The topological polar surface area (TPSA) is 108 Å². The maximum Gasteiger partial charge on any atom is 0.247 e. The minimum absolute atomic E-state index is 1.58. The highest BCUT2D eigenvalue weighted by Gasteiger charge is 1.72. The van der Waals surface area contributed by atoms with E-state index in [1.54, 1.807) is 12.4 Å². The summed E-state index contributed by atoms with van der Waals surface area (Å²) in [6.07, 6.45) is 3.17. The van der Waals surface area contributed by atoms with Crippen LogP contribution >= 0.6 is 8.53 Å². The number of nitrogens with zero attached hydrogens (tertiary/aromatic N) is 2. The molecule has 0 fully saturated rings. The van der Waals surface area contributed by atoms with Crippen molar-refractivity contribution >= 4 is 8.53 Å². The van der Waals surface area contributed by atoms with Gasteiger partial charge in [0.2, 0.25) is 8.53 Å². The van der Waals surface area contributed by atoms with Gasteiger partial charge in [0.1, 0.15) is 0 Å². The fourth-order valence-corrected chi connectivity index (χ4v) is 0.167. The quantitative estimate of drug-likeness (QED) is 0.353. The molecule has 0 bridgehead atoms. The van der Waals surface area contributed by atoms with Gasteiger partial charge in [0.25, 0.3) is 0 Å². The zero-order valence-corrected chi connectivity index (χ0v) is 5.36. The lowest BCUT2D eigenvalue weighted by Crippen LogP contribution is -1.78. The lowest BCUT2D eigenvalue weighted by molar-refractivity contribution is 0.485. The average molecular weight is 150 g/mol. The summed E-state index contributed by atoms with van der Waals surface area (Å²) in [5, 5.41) is 9.33. The van der Waals surface area contributed by atoms with Crippen molar-refractivity contribution in [1.82, 2.24) is 15.4 Å². The zero-order chi connectivity index (χ0) is 7.11. The van der Waals surface area contributed by atoms with Gasteiger partial charge in [-0.05, 0) is 0 Å². The monoisotopic (exact) mass is 150 g/mol. The first-order chi connectivity index (χ1) is 4.23. The lowest BCUT2D eigenvalue weighted by atomic mass is 11.0. The lowest BCUT2D eigenvalue weighted by Gasteiger charge is -1.79. The van der Waals surface area contributed by atoms with E-state index in [1.165, 1.54) is 0 Å². The highest BCUT2D eigenvalue weighted by Crippen LogP contribution is 2.05. The minimum Gasteiger partial charge on any atom is -0.338 e. The van der Waals surface area contributed by atoms with E-state index in [1.807, 2.05) is 0 Å². The molecule has 0 amide bonds. The fraction of sp³-hybridized carbons (Fsp3) is 0. The van der Waals surface area contributed by atoms with E-state index in [0.29, 0.717) is 0 Å². The van der Waals surface area contributed by atoms with Crippen LogP contribution in [0.15, 0.2) is 12.4 Å². The van der Waals surface area contributed by atoms with Crippen LogP contribution < -0.4 is 5.50 Å². The first-order valence-corrected chi connectivity index (χ1v) is 3.27. The van der Waals surface area contributed by atoms with Crippen LogP contribution in [-0.4, -0.2) is 25.2 Å². The molecule has 1 aromatic rings. The van der Waals surface area contributed by atoms with Crippen LogP contribution in [0.4, 0.5) is 0 Å². The molecule has 9 heavy (non-hydrogen) atoms. The van der Waals surface area contributed by atoms with Crippen LogP contribution in [0.1, 0.15) is 0 Å². The van der Waals surface area contributed by atoms with Crippen molar-refractivity contribution in [2.24, 2.45) is 5.50 Å². The Morgan fingerprint density at radius 3 is 1.78 bits per heavy atom. The number of hydrogen-bond donors (Lipinski definition) is 4. The van der Waals surface area contributed by atoms with E-state index in [9.17, 15) is 0 Å². The molecule has 0 atom stereocenters. The molecule has 0 aliphatic rings. The van der Waals surface area contributed by atoms with Gasteiger partial charge < -0.3 is 9.79 Å². The highest BCUT2D eigenvalue weighted by molar-refractivity contribution is 7.42. The first-order valence-electron chi connectivity index (χ1n) is 1.96. The first kappa shape index (κ1) is 8.45. The summed E-state index contributed by atoms with van der Waals surface area (Å²) in [5.41, 5.74) is 4.29. The number of aromatic nitrogens is 3. The number of nitrogens with one attached hydrogen (secondary N) is 1. The van der Waals surface area contributed by atoms with Gasteiger partial charge in [-0.1, -0.05) is 0 Å². The standard InChI is InChI=1S/C2H3N3.H4NO2P/c1-2-4-5-3-1;1-4(2)3/h1-2H,(H,3,4,5);2-3H,1H2. The van der Waals surface area contributed by atoms with Crippen molar-refractivity contribution in [3.05, 3.63) is 12.4 Å². The Bertz CT molecular complexity index is 100. The van der Waals surface area contributed by atoms with Crippen LogP contribution in [0.25, 0.3) is 0 Å². The fourth-order valence-electron chi connectivity index (χ4n) is 0.167. The Morgan fingerprint density at radius 2 is 1.67 bits per heavy atom. The van der Waals surface area contributed by atoms with E-state index in [2.05, 4.69) is 20.9 Å². The van der Waals surface area contributed by atoms with E-state index in [-0.39, 0.29) is 0 Å². The number of nitrogens with two attached hydrogens (primary N) is 1. The van der Waals surface area contributed by atoms with E-state index in [4.69, 9.17) is 9.79 Å². The van der Waals surface area contributed by atoms with Crippen LogP contribution in [0.5, 0.6) is 0 Å². The van der Waals surface area contributed by atoms with Crippen LogP contribution in [0, 0.1) is 0 Å². The number of rotatable bonds is 0. The van der Waals surface area contributed by atoms with Crippen molar-refractivity contribution in [2.45, 2.75) is 0 Å². The maximum atomic E-state index is 7.45. The van der Waals surface area contributed by atoms with E-state index < -0.39 is 8.53 Å². The molecule has 52 valence electrons. The number of H-pyrrole nitrogens is 1. The second-order valence-corrected chi connectivity index (χ2v) is 1.62. The molecule has 6 nitrogen and oxygen atoms in total. The molecule has 0 unspecified atom stereocenters. The van der Waals surface area contributed by atoms with Gasteiger partial charge in [-0.3, -0.25) is 5.50 Å². The Balaban J connectivity index is 0.000000148. The molecule has 1 heterocycles. The van der Waals surface area contributed by atoms with Crippen molar-refractivity contribution < 1.29 is 9.79 Å². The summed E-state index contributed by atoms with van der Waals surface area (Å²) in [5.74, 6) is 0. The normalized spacial score (nSPS) is 8.44. The molecular weight excluding hydrogens is 143 g/mol. The summed E-state index contributed by atoms with van der Waals surface area (Å²) >= 11 is 0. The third-order valence-electron chi connectivity index (χ3n) is 0.331.